The summed E-state index contributed by atoms with van der Waals surface area (Å²) in [6.07, 6.45) is 0. The summed E-state index contributed by atoms with van der Waals surface area (Å²) in [5, 5.41) is 31.5. The van der Waals surface area contributed by atoms with Crippen molar-refractivity contribution in [2.24, 2.45) is 0 Å². The zero-order valence-electron chi connectivity index (χ0n) is 24.9. The maximum Gasteiger partial charge on any atom is 0.326 e. The molecular formula is C35H33BrN2O7. The molecule has 0 saturated heterocycles. The second-order valence-corrected chi connectivity index (χ2v) is 11.7. The number of hydrogen-bond donors (Lipinski definition) is 3. The number of nitriles is 1. The topological polar surface area (TPSA) is 130 Å². The van der Waals surface area contributed by atoms with Crippen LogP contribution >= 0.6 is 15.9 Å². The molecule has 3 N–H and O–H groups in total. The zero-order valence-corrected chi connectivity index (χ0v) is 26.5. The Morgan fingerprint density at radius 2 is 1.73 bits per heavy atom. The Bertz CT molecular complexity index is 1750. The van der Waals surface area contributed by atoms with Crippen molar-refractivity contribution in [1.82, 2.24) is 5.32 Å². The number of benzene rings is 4. The molecule has 0 bridgehead atoms. The average Bonchev–Trinajstić information content (AvgIpc) is 3.06. The Morgan fingerprint density at radius 1 is 0.978 bits per heavy atom. The number of nitrogens with zero attached hydrogens (tertiary/aromatic N) is 1. The second kappa shape index (κ2) is 14.0. The minimum Gasteiger partial charge on any atom is -0.488 e. The lowest BCUT2D eigenvalue weighted by Crippen LogP contribution is -2.52. The standard InChI is InChI=1S/C35H33BrN2O7/c1-22-26(7-4-8-28(22)25-9-10-30-33(15-25)43-12-11-42-30)20-45-32-16-31(44-19-24-6-3-5-23(13-24)17-37)27(14-29(32)36)18-38-35(2,21-39)34(40)41/h3-10,13-16,38-39H,11-12,18-21H2,1-2H3,(H,40,41). The monoisotopic (exact) mass is 672 g/mol. The van der Waals surface area contributed by atoms with Crippen molar-refractivity contribution >= 4 is 21.9 Å². The third-order valence-electron chi connectivity index (χ3n) is 7.71. The Balaban J connectivity index is 1.39. The second-order valence-electron chi connectivity index (χ2n) is 10.9. The molecule has 232 valence electrons. The molecule has 0 fully saturated rings. The zero-order chi connectivity index (χ0) is 32.0. The molecule has 10 heteroatoms. The number of fused-ring (bicyclic) bond motifs is 1. The summed E-state index contributed by atoms with van der Waals surface area (Å²) in [6.45, 7) is 4.50. The number of carboxylic acids is 1. The molecule has 5 rings (SSSR count). The smallest absolute Gasteiger partial charge is 0.326 e. The molecule has 1 unspecified atom stereocenters. The third-order valence-corrected chi connectivity index (χ3v) is 8.32. The van der Waals surface area contributed by atoms with E-state index >= 15 is 0 Å². The van der Waals surface area contributed by atoms with Gasteiger partial charge < -0.3 is 29.2 Å². The minimum absolute atomic E-state index is 0.104. The lowest BCUT2D eigenvalue weighted by atomic mass is 9.96. The van der Waals surface area contributed by atoms with Crippen LogP contribution in [0.5, 0.6) is 23.0 Å². The number of carbonyl (C=O) groups is 1. The van der Waals surface area contributed by atoms with Crippen LogP contribution in [0.3, 0.4) is 0 Å². The lowest BCUT2D eigenvalue weighted by molar-refractivity contribution is -0.145. The maximum absolute atomic E-state index is 11.8. The Morgan fingerprint density at radius 3 is 2.49 bits per heavy atom. The van der Waals surface area contributed by atoms with E-state index in [9.17, 15) is 20.3 Å². The van der Waals surface area contributed by atoms with E-state index < -0.39 is 18.1 Å². The van der Waals surface area contributed by atoms with Gasteiger partial charge in [0.2, 0.25) is 0 Å². The molecule has 0 saturated carbocycles. The lowest BCUT2D eigenvalue weighted by Gasteiger charge is -2.25. The summed E-state index contributed by atoms with van der Waals surface area (Å²) in [6, 6.07) is 24.8. The van der Waals surface area contributed by atoms with Crippen LogP contribution in [0.25, 0.3) is 11.1 Å². The first kappa shape index (κ1) is 31.9. The van der Waals surface area contributed by atoms with Crippen LogP contribution in [-0.2, 0) is 24.6 Å². The fourth-order valence-corrected chi connectivity index (χ4v) is 5.36. The van der Waals surface area contributed by atoms with Crippen molar-refractivity contribution < 1.29 is 34.0 Å². The first-order valence-electron chi connectivity index (χ1n) is 14.4. The summed E-state index contributed by atoms with van der Waals surface area (Å²) in [5.41, 5.74) is 4.57. The van der Waals surface area contributed by atoms with E-state index in [4.69, 9.17) is 18.9 Å². The first-order chi connectivity index (χ1) is 21.7. The first-order valence-corrected chi connectivity index (χ1v) is 15.1. The van der Waals surface area contributed by atoms with Crippen LogP contribution in [0, 0.1) is 18.3 Å². The number of rotatable bonds is 12. The molecule has 1 heterocycles. The molecule has 4 aromatic rings. The van der Waals surface area contributed by atoms with Crippen molar-refractivity contribution in [3.8, 4) is 40.2 Å². The predicted molar refractivity (Wildman–Crippen MR) is 172 cm³/mol. The highest BCUT2D eigenvalue weighted by Crippen LogP contribution is 2.37. The highest BCUT2D eigenvalue weighted by atomic mass is 79.9. The molecule has 0 amide bonds. The third kappa shape index (κ3) is 7.40. The van der Waals surface area contributed by atoms with Crippen LogP contribution < -0.4 is 24.3 Å². The van der Waals surface area contributed by atoms with Crippen molar-refractivity contribution in [3.63, 3.8) is 0 Å². The van der Waals surface area contributed by atoms with Crippen LogP contribution in [0.1, 0.15) is 34.7 Å². The van der Waals surface area contributed by atoms with E-state index in [1.807, 2.05) is 42.5 Å². The number of halogens is 1. The highest BCUT2D eigenvalue weighted by molar-refractivity contribution is 9.10. The molecule has 0 aromatic heterocycles. The average molecular weight is 674 g/mol. The SMILES string of the molecule is Cc1c(COc2cc(OCc3cccc(C#N)c3)c(CNC(C)(CO)C(=O)O)cc2Br)cccc1-c1ccc2c(c1)OCCO2. The summed E-state index contributed by atoms with van der Waals surface area (Å²) in [4.78, 5) is 11.8. The largest absolute Gasteiger partial charge is 0.488 e. The van der Waals surface area contributed by atoms with Gasteiger partial charge in [-0.3, -0.25) is 10.1 Å². The number of hydrogen-bond acceptors (Lipinski definition) is 8. The van der Waals surface area contributed by atoms with Gasteiger partial charge >= 0.3 is 5.97 Å². The van der Waals surface area contributed by atoms with Crippen LogP contribution in [-0.4, -0.2) is 41.5 Å². The molecule has 0 spiro atoms. The van der Waals surface area contributed by atoms with Gasteiger partial charge in [0.05, 0.1) is 22.7 Å². The van der Waals surface area contributed by atoms with E-state index in [0.29, 0.717) is 40.3 Å². The van der Waals surface area contributed by atoms with E-state index in [0.717, 1.165) is 39.3 Å². The molecule has 0 aliphatic carbocycles. The predicted octanol–water partition coefficient (Wildman–Crippen LogP) is 6.15. The maximum atomic E-state index is 11.8. The summed E-state index contributed by atoms with van der Waals surface area (Å²) >= 11 is 3.61. The molecule has 45 heavy (non-hydrogen) atoms. The molecule has 1 aliphatic heterocycles. The number of aliphatic hydroxyl groups excluding tert-OH is 1. The molecule has 4 aromatic carbocycles. The fraction of sp³-hybridized carbons (Fsp3) is 0.257. The van der Waals surface area contributed by atoms with Gasteiger partial charge in [0.25, 0.3) is 0 Å². The quantitative estimate of drug-likeness (QED) is 0.162. The number of nitrogens with one attached hydrogen (secondary N) is 1. The fourth-order valence-electron chi connectivity index (χ4n) is 4.86. The van der Waals surface area contributed by atoms with E-state index in [2.05, 4.69) is 40.3 Å². The van der Waals surface area contributed by atoms with Crippen LogP contribution in [0.15, 0.2) is 77.3 Å². The van der Waals surface area contributed by atoms with Gasteiger partial charge in [0.1, 0.15) is 43.5 Å². The van der Waals surface area contributed by atoms with E-state index in [1.165, 1.54) is 6.92 Å². The highest BCUT2D eigenvalue weighted by Gasteiger charge is 2.32. The van der Waals surface area contributed by atoms with Crippen LogP contribution in [0.2, 0.25) is 0 Å². The number of carboxylic acid groups (broad SMARTS) is 1. The minimum atomic E-state index is -1.54. The van der Waals surface area contributed by atoms with Gasteiger partial charge in [-0.1, -0.05) is 36.4 Å². The van der Waals surface area contributed by atoms with Gasteiger partial charge in [-0.25, -0.2) is 0 Å². The van der Waals surface area contributed by atoms with Gasteiger partial charge in [-0.05, 0) is 87.9 Å². The van der Waals surface area contributed by atoms with Gasteiger partial charge in [-0.2, -0.15) is 5.26 Å². The van der Waals surface area contributed by atoms with Crippen molar-refractivity contribution in [2.75, 3.05) is 19.8 Å². The molecule has 0 radical (unpaired) electrons. The Labute approximate surface area is 270 Å². The molecule has 9 nitrogen and oxygen atoms in total. The normalized spacial score (nSPS) is 13.4. The number of ether oxygens (including phenoxy) is 4. The summed E-state index contributed by atoms with van der Waals surface area (Å²) in [7, 11) is 0. The van der Waals surface area contributed by atoms with Crippen molar-refractivity contribution in [3.05, 3.63) is 105 Å². The summed E-state index contributed by atoms with van der Waals surface area (Å²) in [5.74, 6) is 1.30. The van der Waals surface area contributed by atoms with Gasteiger partial charge in [-0.15, -0.1) is 0 Å². The van der Waals surface area contributed by atoms with Gasteiger partial charge in [0.15, 0.2) is 11.5 Å². The molecule has 1 aliphatic rings. The number of aliphatic hydroxyl groups is 1. The van der Waals surface area contributed by atoms with Gasteiger partial charge in [0, 0.05) is 18.2 Å². The van der Waals surface area contributed by atoms with Crippen LogP contribution in [0.4, 0.5) is 0 Å². The molecule has 1 atom stereocenters. The van der Waals surface area contributed by atoms with E-state index in [-0.39, 0.29) is 19.8 Å². The Hall–Kier alpha value is -4.56. The van der Waals surface area contributed by atoms with Crippen molar-refractivity contribution in [2.45, 2.75) is 39.1 Å². The van der Waals surface area contributed by atoms with Crippen molar-refractivity contribution in [1.29, 1.82) is 5.26 Å². The number of aliphatic carboxylic acids is 1. The molecular weight excluding hydrogens is 640 g/mol. The summed E-state index contributed by atoms with van der Waals surface area (Å²) < 4.78 is 24.6. The van der Waals surface area contributed by atoms with E-state index in [1.54, 1.807) is 24.3 Å². The Kier molecular flexibility index (Phi) is 9.93.